The van der Waals surface area contributed by atoms with Crippen LogP contribution in [0.4, 0.5) is 22.0 Å². The third-order valence-electron chi connectivity index (χ3n) is 8.41. The van der Waals surface area contributed by atoms with Gasteiger partial charge >= 0.3 is 6.18 Å². The average Bonchev–Trinajstić information content (AvgIpc) is 3.28. The van der Waals surface area contributed by atoms with Gasteiger partial charge in [0.25, 0.3) is 5.91 Å². The van der Waals surface area contributed by atoms with E-state index in [1.165, 1.54) is 31.3 Å². The largest absolute Gasteiger partial charge is 0.455 e. The Morgan fingerprint density at radius 3 is 2.32 bits per heavy atom. The lowest BCUT2D eigenvalue weighted by molar-refractivity contribution is -0.133. The summed E-state index contributed by atoms with van der Waals surface area (Å²) < 4.78 is 75.9. The predicted molar refractivity (Wildman–Crippen MR) is 143 cm³/mol. The zero-order valence-electron chi connectivity index (χ0n) is 22.1. The van der Waals surface area contributed by atoms with Crippen molar-refractivity contribution in [1.29, 1.82) is 0 Å². The molecule has 0 radical (unpaired) electrons. The van der Waals surface area contributed by atoms with Crippen LogP contribution in [0.5, 0.6) is 0 Å². The molecule has 9 heteroatoms. The number of benzene rings is 3. The van der Waals surface area contributed by atoms with Gasteiger partial charge in [0.15, 0.2) is 5.78 Å². The molecule has 7 rings (SSSR count). The van der Waals surface area contributed by atoms with E-state index in [0.29, 0.717) is 23.5 Å². The topological polar surface area (TPSA) is 59.3 Å². The molecule has 212 valence electrons. The lowest BCUT2D eigenvalue weighted by Crippen LogP contribution is -2.52. The van der Waals surface area contributed by atoms with Crippen molar-refractivity contribution in [3.8, 4) is 22.5 Å². The highest BCUT2D eigenvalue weighted by atomic mass is 19.4. The van der Waals surface area contributed by atoms with Crippen molar-refractivity contribution >= 4 is 22.7 Å². The summed E-state index contributed by atoms with van der Waals surface area (Å²) >= 11 is 0. The Hall–Kier alpha value is -4.01. The number of halogens is 5. The van der Waals surface area contributed by atoms with Gasteiger partial charge in [-0.05, 0) is 84.5 Å². The van der Waals surface area contributed by atoms with Gasteiger partial charge in [0.2, 0.25) is 0 Å². The highest BCUT2D eigenvalue weighted by molar-refractivity contribution is 6.12. The number of alkyl halides is 3. The predicted octanol–water partition coefficient (Wildman–Crippen LogP) is 8.27. The van der Waals surface area contributed by atoms with Crippen molar-refractivity contribution in [1.82, 2.24) is 5.32 Å². The molecule has 3 saturated carbocycles. The van der Waals surface area contributed by atoms with Gasteiger partial charge in [-0.2, -0.15) is 13.2 Å². The molecule has 3 aliphatic rings. The van der Waals surface area contributed by atoms with Gasteiger partial charge in [-0.25, -0.2) is 8.78 Å². The number of hydrogen-bond acceptors (Lipinski definition) is 3. The summed E-state index contributed by atoms with van der Waals surface area (Å²) in [4.78, 5) is 26.1. The number of fused-ring (bicyclic) bond motifs is 1. The molecule has 41 heavy (non-hydrogen) atoms. The molecule has 0 aliphatic heterocycles. The fourth-order valence-electron chi connectivity index (χ4n) is 6.36. The van der Waals surface area contributed by atoms with Crippen LogP contribution in [0.25, 0.3) is 33.4 Å². The van der Waals surface area contributed by atoms with Crippen LogP contribution < -0.4 is 5.32 Å². The molecule has 2 bridgehead atoms. The Morgan fingerprint density at radius 2 is 1.71 bits per heavy atom. The van der Waals surface area contributed by atoms with E-state index in [9.17, 15) is 27.2 Å². The minimum absolute atomic E-state index is 0.0270. The zero-order chi connectivity index (χ0) is 29.1. The highest BCUT2D eigenvalue weighted by Crippen LogP contribution is 2.66. The first-order valence-corrected chi connectivity index (χ1v) is 13.4. The number of aryl methyl sites for hydroxylation is 1. The third-order valence-corrected chi connectivity index (χ3v) is 8.41. The van der Waals surface area contributed by atoms with Crippen LogP contribution in [0.2, 0.25) is 0 Å². The molecule has 1 aromatic heterocycles. The minimum atomic E-state index is -4.50. The summed E-state index contributed by atoms with van der Waals surface area (Å²) in [5.41, 5.74) is 0.563. The molecule has 0 saturated heterocycles. The molecular weight excluding hydrogens is 541 g/mol. The summed E-state index contributed by atoms with van der Waals surface area (Å²) in [5.74, 6) is -1.57. The fraction of sp³-hybridized carbons (Fsp3) is 0.312. The summed E-state index contributed by atoms with van der Waals surface area (Å²) in [6.07, 6.45) is -2.77. The molecule has 0 spiro atoms. The molecule has 1 amide bonds. The fourth-order valence-corrected chi connectivity index (χ4v) is 6.36. The number of ketones is 1. The van der Waals surface area contributed by atoms with E-state index in [2.05, 4.69) is 5.32 Å². The van der Waals surface area contributed by atoms with Gasteiger partial charge in [0, 0.05) is 36.6 Å². The van der Waals surface area contributed by atoms with Crippen molar-refractivity contribution in [2.75, 3.05) is 7.05 Å². The number of Topliss-reactive ketones (excluding diaryl/α,β-unsaturated/α-hetero) is 1. The standard InChI is InChI=1S/C32H26F5NO3/c1-38-30(40)27-26-24(41-29(27)18-5-7-22(33)8-6-18)12-21(9-10-32(35,36)37)25(28(26)34)20-4-2-3-19(11-20)23(39)16-31-13-17(14-31)15-31/h2-8,11-12,17H,9-10,13-16H2,1H3,(H,38,40). The minimum Gasteiger partial charge on any atom is -0.455 e. The number of hydrogen-bond donors (Lipinski definition) is 1. The van der Waals surface area contributed by atoms with Crippen LogP contribution in [0, 0.1) is 23.0 Å². The molecule has 3 aliphatic carbocycles. The van der Waals surface area contributed by atoms with Crippen LogP contribution in [-0.4, -0.2) is 24.9 Å². The van der Waals surface area contributed by atoms with Crippen LogP contribution >= 0.6 is 0 Å². The average molecular weight is 568 g/mol. The van der Waals surface area contributed by atoms with Crippen molar-refractivity contribution in [2.45, 2.75) is 44.7 Å². The molecular formula is C32H26F5NO3. The smallest absolute Gasteiger partial charge is 0.389 e. The monoisotopic (exact) mass is 567 g/mol. The number of carbonyl (C=O) groups is 2. The van der Waals surface area contributed by atoms with Gasteiger partial charge in [-0.1, -0.05) is 18.2 Å². The number of furan rings is 1. The molecule has 0 unspecified atom stereocenters. The number of amides is 1. The maximum absolute atomic E-state index is 16.6. The molecule has 0 atom stereocenters. The first-order valence-electron chi connectivity index (χ1n) is 13.4. The Morgan fingerprint density at radius 1 is 1.00 bits per heavy atom. The number of rotatable bonds is 8. The molecule has 1 heterocycles. The van der Waals surface area contributed by atoms with Crippen LogP contribution in [0.1, 0.15) is 58.4 Å². The quantitative estimate of drug-likeness (QED) is 0.172. The van der Waals surface area contributed by atoms with E-state index in [0.717, 1.165) is 31.4 Å². The lowest BCUT2D eigenvalue weighted by Gasteiger charge is -2.62. The maximum atomic E-state index is 16.6. The van der Waals surface area contributed by atoms with Gasteiger partial charge in [-0.15, -0.1) is 0 Å². The SMILES string of the molecule is CNC(=O)c1c(-c2ccc(F)cc2)oc2cc(CCC(F)(F)F)c(-c3cccc(C(=O)CC45CC(C4)C5)c3)c(F)c12. The Balaban J connectivity index is 1.52. The van der Waals surface area contributed by atoms with Crippen LogP contribution in [0.15, 0.2) is 59.0 Å². The number of carbonyl (C=O) groups excluding carboxylic acids is 2. The third kappa shape index (κ3) is 4.91. The Kier molecular flexibility index (Phi) is 6.51. The van der Waals surface area contributed by atoms with Crippen molar-refractivity contribution in [2.24, 2.45) is 11.3 Å². The van der Waals surface area contributed by atoms with Crippen LogP contribution in [0.3, 0.4) is 0 Å². The summed E-state index contributed by atoms with van der Waals surface area (Å²) in [5, 5.41) is 2.25. The number of nitrogens with one attached hydrogen (secondary N) is 1. The zero-order valence-corrected chi connectivity index (χ0v) is 22.1. The first kappa shape index (κ1) is 27.2. The second-order valence-electron chi connectivity index (χ2n) is 11.3. The summed E-state index contributed by atoms with van der Waals surface area (Å²) in [7, 11) is 1.35. The normalized spacial score (nSPS) is 19.5. The van der Waals surface area contributed by atoms with Crippen molar-refractivity contribution in [3.63, 3.8) is 0 Å². The summed E-state index contributed by atoms with van der Waals surface area (Å²) in [6, 6.07) is 12.6. The van der Waals surface area contributed by atoms with E-state index in [-0.39, 0.29) is 50.2 Å². The summed E-state index contributed by atoms with van der Waals surface area (Å²) in [6.45, 7) is 0. The van der Waals surface area contributed by atoms with E-state index >= 15 is 4.39 Å². The van der Waals surface area contributed by atoms with Gasteiger partial charge in [0.1, 0.15) is 23.0 Å². The highest BCUT2D eigenvalue weighted by Gasteiger charge is 2.56. The van der Waals surface area contributed by atoms with Crippen LogP contribution in [-0.2, 0) is 6.42 Å². The first-order chi connectivity index (χ1) is 19.5. The molecule has 4 nitrogen and oxygen atoms in total. The van der Waals surface area contributed by atoms with Crippen molar-refractivity contribution in [3.05, 3.63) is 82.9 Å². The van der Waals surface area contributed by atoms with E-state index < -0.39 is 36.6 Å². The Bertz CT molecular complexity index is 1670. The Labute approximate surface area is 232 Å². The molecule has 3 aromatic carbocycles. The lowest BCUT2D eigenvalue weighted by atomic mass is 9.43. The van der Waals surface area contributed by atoms with Gasteiger partial charge < -0.3 is 9.73 Å². The second kappa shape index (κ2) is 9.82. The second-order valence-corrected chi connectivity index (χ2v) is 11.3. The molecule has 1 N–H and O–H groups in total. The molecule has 3 fully saturated rings. The van der Waals surface area contributed by atoms with E-state index in [4.69, 9.17) is 4.42 Å². The van der Waals surface area contributed by atoms with E-state index in [1.54, 1.807) is 18.2 Å². The molecule has 4 aromatic rings. The maximum Gasteiger partial charge on any atom is 0.389 e. The van der Waals surface area contributed by atoms with Crippen molar-refractivity contribution < 1.29 is 36.0 Å². The van der Waals surface area contributed by atoms with Gasteiger partial charge in [-0.3, -0.25) is 9.59 Å². The van der Waals surface area contributed by atoms with E-state index in [1.807, 2.05) is 0 Å². The van der Waals surface area contributed by atoms with Gasteiger partial charge in [0.05, 0.1) is 10.9 Å².